The first-order valence-corrected chi connectivity index (χ1v) is 5.30. The Kier molecular flexibility index (Phi) is 3.01. The van der Waals surface area contributed by atoms with Crippen molar-refractivity contribution in [3.63, 3.8) is 0 Å². The molecule has 0 aliphatic carbocycles. The van der Waals surface area contributed by atoms with Gasteiger partial charge in [0.1, 0.15) is 5.69 Å². The zero-order chi connectivity index (χ0) is 11.5. The largest absolute Gasteiger partial charge is 0.296 e. The van der Waals surface area contributed by atoms with Crippen LogP contribution < -0.4 is 0 Å². The third-order valence-electron chi connectivity index (χ3n) is 2.31. The maximum absolute atomic E-state index is 11.0. The predicted octanol–water partition coefficient (Wildman–Crippen LogP) is 2.30. The van der Waals surface area contributed by atoms with Crippen molar-refractivity contribution in [3.05, 3.63) is 40.7 Å². The van der Waals surface area contributed by atoms with Crippen molar-refractivity contribution in [2.24, 2.45) is 0 Å². The van der Waals surface area contributed by atoms with Crippen molar-refractivity contribution in [1.82, 2.24) is 15.0 Å². The minimum Gasteiger partial charge on any atom is -0.296 e. The van der Waals surface area contributed by atoms with E-state index in [0.29, 0.717) is 28.5 Å². The third kappa shape index (κ3) is 1.72. The molecule has 4 nitrogen and oxygen atoms in total. The molecular formula is C11H10ClN3O. The van der Waals surface area contributed by atoms with Gasteiger partial charge >= 0.3 is 0 Å². The minimum absolute atomic E-state index is 0.454. The van der Waals surface area contributed by atoms with Crippen molar-refractivity contribution >= 4 is 17.9 Å². The lowest BCUT2D eigenvalue weighted by Gasteiger charge is -2.04. The number of aromatic nitrogens is 3. The molecule has 1 aromatic carbocycles. The summed E-state index contributed by atoms with van der Waals surface area (Å²) in [5.41, 5.74) is 1.80. The topological polar surface area (TPSA) is 47.8 Å². The molecule has 0 N–H and O–H groups in total. The summed E-state index contributed by atoms with van der Waals surface area (Å²) in [6, 6.07) is 7.20. The van der Waals surface area contributed by atoms with Gasteiger partial charge in [-0.05, 0) is 18.6 Å². The van der Waals surface area contributed by atoms with Crippen LogP contribution in [0.25, 0.3) is 5.69 Å². The Balaban J connectivity index is 2.61. The zero-order valence-corrected chi connectivity index (χ0v) is 9.48. The smallest absolute Gasteiger partial charge is 0.170 e. The highest BCUT2D eigenvalue weighted by molar-refractivity contribution is 6.32. The number of aryl methyl sites for hydroxylation is 1. The molecule has 16 heavy (non-hydrogen) atoms. The zero-order valence-electron chi connectivity index (χ0n) is 8.72. The molecule has 1 heterocycles. The van der Waals surface area contributed by atoms with E-state index in [0.717, 1.165) is 6.29 Å². The highest BCUT2D eigenvalue weighted by Gasteiger charge is 2.13. The fourth-order valence-electron chi connectivity index (χ4n) is 1.49. The van der Waals surface area contributed by atoms with Gasteiger partial charge in [0.15, 0.2) is 6.29 Å². The first kappa shape index (κ1) is 10.8. The SMILES string of the molecule is CCc1nnn(-c2ccccc2Cl)c1C=O. The molecule has 0 aliphatic heterocycles. The summed E-state index contributed by atoms with van der Waals surface area (Å²) in [6.45, 7) is 1.92. The lowest BCUT2D eigenvalue weighted by molar-refractivity contribution is 0.111. The van der Waals surface area contributed by atoms with Gasteiger partial charge in [-0.15, -0.1) is 5.10 Å². The maximum Gasteiger partial charge on any atom is 0.170 e. The lowest BCUT2D eigenvalue weighted by atomic mass is 10.2. The van der Waals surface area contributed by atoms with Crippen LogP contribution in [-0.2, 0) is 6.42 Å². The summed E-state index contributed by atoms with van der Waals surface area (Å²) in [4.78, 5) is 11.0. The standard InChI is InChI=1S/C11H10ClN3O/c1-2-9-11(7-16)15(14-13-9)10-6-4-3-5-8(10)12/h3-7H,2H2,1H3. The summed E-state index contributed by atoms with van der Waals surface area (Å²) >= 11 is 6.04. The number of benzene rings is 1. The van der Waals surface area contributed by atoms with Crippen molar-refractivity contribution in [3.8, 4) is 5.69 Å². The van der Waals surface area contributed by atoms with Crippen LogP contribution in [0, 0.1) is 0 Å². The van der Waals surface area contributed by atoms with Crippen molar-refractivity contribution in [2.75, 3.05) is 0 Å². The molecule has 5 heteroatoms. The molecule has 0 radical (unpaired) electrons. The number of hydrogen-bond acceptors (Lipinski definition) is 3. The van der Waals surface area contributed by atoms with Gasteiger partial charge < -0.3 is 0 Å². The maximum atomic E-state index is 11.0. The Morgan fingerprint density at radius 2 is 2.19 bits per heavy atom. The quantitative estimate of drug-likeness (QED) is 0.767. The summed E-state index contributed by atoms with van der Waals surface area (Å²) in [5.74, 6) is 0. The van der Waals surface area contributed by atoms with Crippen LogP contribution in [-0.4, -0.2) is 21.3 Å². The monoisotopic (exact) mass is 235 g/mol. The van der Waals surface area contributed by atoms with Crippen LogP contribution in [0.15, 0.2) is 24.3 Å². The van der Waals surface area contributed by atoms with Gasteiger partial charge in [-0.1, -0.05) is 35.9 Å². The molecule has 82 valence electrons. The van der Waals surface area contributed by atoms with Crippen molar-refractivity contribution < 1.29 is 4.79 Å². The predicted molar refractivity (Wildman–Crippen MR) is 61.1 cm³/mol. The van der Waals surface area contributed by atoms with Crippen LogP contribution in [0.2, 0.25) is 5.02 Å². The van der Waals surface area contributed by atoms with Gasteiger partial charge in [0.05, 0.1) is 16.4 Å². The Morgan fingerprint density at radius 1 is 1.44 bits per heavy atom. The number of carbonyl (C=O) groups excluding carboxylic acids is 1. The van der Waals surface area contributed by atoms with E-state index in [-0.39, 0.29) is 0 Å². The first-order valence-electron chi connectivity index (χ1n) is 4.92. The van der Waals surface area contributed by atoms with E-state index < -0.39 is 0 Å². The van der Waals surface area contributed by atoms with Crippen molar-refractivity contribution in [1.29, 1.82) is 0 Å². The molecule has 0 amide bonds. The Labute approximate surface area is 97.8 Å². The fraction of sp³-hybridized carbons (Fsp3) is 0.182. The molecule has 0 bridgehead atoms. The van der Waals surface area contributed by atoms with E-state index >= 15 is 0 Å². The van der Waals surface area contributed by atoms with Crippen LogP contribution >= 0.6 is 11.6 Å². The van der Waals surface area contributed by atoms with E-state index in [1.807, 2.05) is 19.1 Å². The fourth-order valence-corrected chi connectivity index (χ4v) is 1.71. The van der Waals surface area contributed by atoms with E-state index in [9.17, 15) is 4.79 Å². The summed E-state index contributed by atoms with van der Waals surface area (Å²) in [5, 5.41) is 8.43. The molecule has 2 rings (SSSR count). The second kappa shape index (κ2) is 4.45. The van der Waals surface area contributed by atoms with E-state index in [1.54, 1.807) is 12.1 Å². The molecule has 0 atom stereocenters. The average molecular weight is 236 g/mol. The Hall–Kier alpha value is -1.68. The van der Waals surface area contributed by atoms with Gasteiger partial charge in [0.2, 0.25) is 0 Å². The molecule has 0 unspecified atom stereocenters. The van der Waals surface area contributed by atoms with Crippen LogP contribution in [0.1, 0.15) is 23.1 Å². The lowest BCUT2D eigenvalue weighted by Crippen LogP contribution is -2.03. The number of rotatable bonds is 3. The third-order valence-corrected chi connectivity index (χ3v) is 2.63. The van der Waals surface area contributed by atoms with E-state index in [2.05, 4.69) is 10.3 Å². The van der Waals surface area contributed by atoms with Gasteiger partial charge in [0, 0.05) is 0 Å². The molecule has 0 saturated heterocycles. The molecular weight excluding hydrogens is 226 g/mol. The van der Waals surface area contributed by atoms with Gasteiger partial charge in [-0.25, -0.2) is 4.68 Å². The van der Waals surface area contributed by atoms with E-state index in [1.165, 1.54) is 4.68 Å². The molecule has 0 spiro atoms. The second-order valence-electron chi connectivity index (χ2n) is 3.26. The number of para-hydroxylation sites is 1. The molecule has 0 aliphatic rings. The van der Waals surface area contributed by atoms with Gasteiger partial charge in [-0.3, -0.25) is 4.79 Å². The minimum atomic E-state index is 0.454. The Bertz CT molecular complexity index is 522. The van der Waals surface area contributed by atoms with Gasteiger partial charge in [0.25, 0.3) is 0 Å². The number of nitrogens with zero attached hydrogens (tertiary/aromatic N) is 3. The number of halogens is 1. The Morgan fingerprint density at radius 3 is 2.81 bits per heavy atom. The van der Waals surface area contributed by atoms with Crippen LogP contribution in [0.3, 0.4) is 0 Å². The number of carbonyl (C=O) groups is 1. The molecule has 0 saturated carbocycles. The van der Waals surface area contributed by atoms with Crippen LogP contribution in [0.4, 0.5) is 0 Å². The second-order valence-corrected chi connectivity index (χ2v) is 3.66. The van der Waals surface area contributed by atoms with E-state index in [4.69, 9.17) is 11.6 Å². The number of aldehydes is 1. The number of hydrogen-bond donors (Lipinski definition) is 0. The first-order chi connectivity index (χ1) is 7.77. The van der Waals surface area contributed by atoms with Crippen molar-refractivity contribution in [2.45, 2.75) is 13.3 Å². The summed E-state index contributed by atoms with van der Waals surface area (Å²) < 4.78 is 1.47. The average Bonchev–Trinajstić information content (AvgIpc) is 2.72. The highest BCUT2D eigenvalue weighted by Crippen LogP contribution is 2.20. The van der Waals surface area contributed by atoms with Gasteiger partial charge in [-0.2, -0.15) is 0 Å². The highest BCUT2D eigenvalue weighted by atomic mass is 35.5. The normalized spacial score (nSPS) is 10.4. The molecule has 1 aromatic heterocycles. The summed E-state index contributed by atoms with van der Waals surface area (Å²) in [6.07, 6.45) is 1.42. The molecule has 0 fully saturated rings. The summed E-state index contributed by atoms with van der Waals surface area (Å²) in [7, 11) is 0. The molecule has 2 aromatic rings. The van der Waals surface area contributed by atoms with Crippen LogP contribution in [0.5, 0.6) is 0 Å².